The molecule has 100 valence electrons. The molecule has 0 bridgehead atoms. The Morgan fingerprint density at radius 3 is 2.63 bits per heavy atom. The third-order valence-electron chi connectivity index (χ3n) is 2.57. The van der Waals surface area contributed by atoms with E-state index in [1.54, 1.807) is 11.8 Å². The Bertz CT molecular complexity index is 516. The minimum absolute atomic E-state index is 0.546. The van der Waals surface area contributed by atoms with E-state index in [0.717, 1.165) is 21.5 Å². The molecular formula is C15H16BrNOS. The van der Waals surface area contributed by atoms with Crippen LogP contribution in [-0.2, 0) is 6.54 Å². The molecule has 4 heteroatoms. The maximum atomic E-state index is 5.71. The molecule has 0 atom stereocenters. The van der Waals surface area contributed by atoms with Gasteiger partial charge >= 0.3 is 0 Å². The van der Waals surface area contributed by atoms with Crippen molar-refractivity contribution in [1.29, 1.82) is 0 Å². The van der Waals surface area contributed by atoms with Gasteiger partial charge in [0.1, 0.15) is 5.75 Å². The zero-order valence-electron chi connectivity index (χ0n) is 10.5. The number of hydrogen-bond donors (Lipinski definition) is 1. The Kier molecular flexibility index (Phi) is 5.76. The van der Waals surface area contributed by atoms with Crippen LogP contribution in [0.25, 0.3) is 0 Å². The molecule has 0 aromatic heterocycles. The van der Waals surface area contributed by atoms with Crippen molar-refractivity contribution in [3.63, 3.8) is 0 Å². The van der Waals surface area contributed by atoms with Gasteiger partial charge in [0.15, 0.2) is 0 Å². The third kappa shape index (κ3) is 4.90. The zero-order chi connectivity index (χ0) is 13.5. The van der Waals surface area contributed by atoms with E-state index in [9.17, 15) is 0 Å². The van der Waals surface area contributed by atoms with Crippen LogP contribution in [-0.4, -0.2) is 12.4 Å². The molecule has 0 aliphatic heterocycles. The van der Waals surface area contributed by atoms with Gasteiger partial charge < -0.3 is 10.5 Å². The molecule has 0 spiro atoms. The van der Waals surface area contributed by atoms with Crippen LogP contribution in [0, 0.1) is 0 Å². The number of benzene rings is 2. The van der Waals surface area contributed by atoms with Crippen LogP contribution in [0.4, 0.5) is 0 Å². The van der Waals surface area contributed by atoms with Gasteiger partial charge in [-0.15, -0.1) is 11.8 Å². The predicted molar refractivity (Wildman–Crippen MR) is 84.7 cm³/mol. The first-order valence-electron chi connectivity index (χ1n) is 6.08. The van der Waals surface area contributed by atoms with Gasteiger partial charge in [-0.05, 0) is 42.0 Å². The van der Waals surface area contributed by atoms with Crippen molar-refractivity contribution in [3.05, 3.63) is 58.6 Å². The Morgan fingerprint density at radius 1 is 1.11 bits per heavy atom. The van der Waals surface area contributed by atoms with Crippen LogP contribution in [0.5, 0.6) is 5.75 Å². The molecule has 0 saturated heterocycles. The van der Waals surface area contributed by atoms with Crippen molar-refractivity contribution in [1.82, 2.24) is 0 Å². The summed E-state index contributed by atoms with van der Waals surface area (Å²) in [6, 6.07) is 16.2. The summed E-state index contributed by atoms with van der Waals surface area (Å²) in [6.45, 7) is 1.24. The lowest BCUT2D eigenvalue weighted by Crippen LogP contribution is -2.01. The highest BCUT2D eigenvalue weighted by molar-refractivity contribution is 9.10. The van der Waals surface area contributed by atoms with E-state index in [-0.39, 0.29) is 0 Å². The predicted octanol–water partition coefficient (Wildman–Crippen LogP) is 4.08. The maximum absolute atomic E-state index is 5.71. The number of thioether (sulfide) groups is 1. The standard InChI is InChI=1S/C15H16BrNOS/c16-13-4-6-15(7-5-13)19-9-8-18-14-3-1-2-12(10-14)11-17/h1-7,10H,8-9,11,17H2. The van der Waals surface area contributed by atoms with Gasteiger partial charge in [0, 0.05) is 21.7 Å². The summed E-state index contributed by atoms with van der Waals surface area (Å²) in [4.78, 5) is 1.25. The second-order valence-corrected chi connectivity index (χ2v) is 6.09. The van der Waals surface area contributed by atoms with Crippen LogP contribution in [0.2, 0.25) is 0 Å². The van der Waals surface area contributed by atoms with Crippen LogP contribution in [0.3, 0.4) is 0 Å². The lowest BCUT2D eigenvalue weighted by atomic mass is 10.2. The normalized spacial score (nSPS) is 10.4. The van der Waals surface area contributed by atoms with Gasteiger partial charge in [0.25, 0.3) is 0 Å². The van der Waals surface area contributed by atoms with Crippen LogP contribution >= 0.6 is 27.7 Å². The highest BCUT2D eigenvalue weighted by Gasteiger charge is 1.97. The second-order valence-electron chi connectivity index (χ2n) is 4.00. The fourth-order valence-electron chi connectivity index (χ4n) is 1.61. The van der Waals surface area contributed by atoms with E-state index in [1.165, 1.54) is 4.90 Å². The van der Waals surface area contributed by atoms with E-state index in [1.807, 2.05) is 36.4 Å². The van der Waals surface area contributed by atoms with Gasteiger partial charge in [-0.3, -0.25) is 0 Å². The zero-order valence-corrected chi connectivity index (χ0v) is 12.9. The number of hydrogen-bond acceptors (Lipinski definition) is 3. The molecule has 2 nitrogen and oxygen atoms in total. The molecule has 0 heterocycles. The van der Waals surface area contributed by atoms with Gasteiger partial charge in [-0.1, -0.05) is 28.1 Å². The number of rotatable bonds is 6. The monoisotopic (exact) mass is 337 g/mol. The SMILES string of the molecule is NCc1cccc(OCCSc2ccc(Br)cc2)c1. The minimum atomic E-state index is 0.546. The summed E-state index contributed by atoms with van der Waals surface area (Å²) in [5, 5.41) is 0. The van der Waals surface area contributed by atoms with Crippen molar-refractivity contribution >= 4 is 27.7 Å². The van der Waals surface area contributed by atoms with Crippen molar-refractivity contribution < 1.29 is 4.74 Å². The largest absolute Gasteiger partial charge is 0.493 e. The van der Waals surface area contributed by atoms with Gasteiger partial charge in [0.05, 0.1) is 6.61 Å². The van der Waals surface area contributed by atoms with Crippen molar-refractivity contribution in [3.8, 4) is 5.75 Å². The van der Waals surface area contributed by atoms with Crippen LogP contribution in [0.1, 0.15) is 5.56 Å². The average molecular weight is 338 g/mol. The third-order valence-corrected chi connectivity index (χ3v) is 4.07. The fourth-order valence-corrected chi connectivity index (χ4v) is 2.61. The number of nitrogens with two attached hydrogens (primary N) is 1. The van der Waals surface area contributed by atoms with E-state index in [0.29, 0.717) is 13.2 Å². The highest BCUT2D eigenvalue weighted by atomic mass is 79.9. The first-order valence-corrected chi connectivity index (χ1v) is 7.86. The van der Waals surface area contributed by atoms with Gasteiger partial charge in [-0.25, -0.2) is 0 Å². The lowest BCUT2D eigenvalue weighted by Gasteiger charge is -2.07. The molecule has 19 heavy (non-hydrogen) atoms. The summed E-state index contributed by atoms with van der Waals surface area (Å²) >= 11 is 5.22. The molecule has 2 rings (SSSR count). The van der Waals surface area contributed by atoms with Gasteiger partial charge in [-0.2, -0.15) is 0 Å². The van der Waals surface area contributed by atoms with E-state index < -0.39 is 0 Å². The Labute approximate surface area is 126 Å². The van der Waals surface area contributed by atoms with Crippen molar-refractivity contribution in [2.75, 3.05) is 12.4 Å². The van der Waals surface area contributed by atoms with Crippen molar-refractivity contribution in [2.45, 2.75) is 11.4 Å². The number of ether oxygens (including phenoxy) is 1. The second kappa shape index (κ2) is 7.58. The maximum Gasteiger partial charge on any atom is 0.119 e. The topological polar surface area (TPSA) is 35.2 Å². The van der Waals surface area contributed by atoms with E-state index >= 15 is 0 Å². The van der Waals surface area contributed by atoms with Crippen LogP contribution < -0.4 is 10.5 Å². The summed E-state index contributed by atoms with van der Waals surface area (Å²) in [6.07, 6.45) is 0. The lowest BCUT2D eigenvalue weighted by molar-refractivity contribution is 0.343. The molecule has 0 aliphatic rings. The van der Waals surface area contributed by atoms with E-state index in [4.69, 9.17) is 10.5 Å². The summed E-state index contributed by atoms with van der Waals surface area (Å²) < 4.78 is 6.81. The summed E-state index contributed by atoms with van der Waals surface area (Å²) in [5.41, 5.74) is 6.69. The van der Waals surface area contributed by atoms with Crippen molar-refractivity contribution in [2.24, 2.45) is 5.73 Å². The highest BCUT2D eigenvalue weighted by Crippen LogP contribution is 2.21. The van der Waals surface area contributed by atoms with Gasteiger partial charge in [0.2, 0.25) is 0 Å². The summed E-state index contributed by atoms with van der Waals surface area (Å²) in [7, 11) is 0. The molecular weight excluding hydrogens is 322 g/mol. The molecule has 2 N–H and O–H groups in total. The molecule has 0 radical (unpaired) electrons. The smallest absolute Gasteiger partial charge is 0.119 e. The first-order chi connectivity index (χ1) is 9.28. The summed E-state index contributed by atoms with van der Waals surface area (Å²) in [5.74, 6) is 1.81. The molecule has 0 fully saturated rings. The van der Waals surface area contributed by atoms with E-state index in [2.05, 4.69) is 28.1 Å². The molecule has 0 saturated carbocycles. The molecule has 0 aliphatic carbocycles. The minimum Gasteiger partial charge on any atom is -0.493 e. The molecule has 2 aromatic carbocycles. The first kappa shape index (κ1) is 14.4. The fraction of sp³-hybridized carbons (Fsp3) is 0.200. The molecule has 0 amide bonds. The Balaban J connectivity index is 1.75. The Hall–Kier alpha value is -0.970. The Morgan fingerprint density at radius 2 is 1.89 bits per heavy atom. The quantitative estimate of drug-likeness (QED) is 0.637. The molecule has 2 aromatic rings. The average Bonchev–Trinajstić information content (AvgIpc) is 2.46. The van der Waals surface area contributed by atoms with Crippen LogP contribution in [0.15, 0.2) is 57.9 Å². The number of halogens is 1. The molecule has 0 unspecified atom stereocenters.